The second-order valence-electron chi connectivity index (χ2n) is 6.93. The van der Waals surface area contributed by atoms with Gasteiger partial charge in [-0.05, 0) is 56.5 Å². The first kappa shape index (κ1) is 17.0. The molecule has 1 aromatic heterocycles. The van der Waals surface area contributed by atoms with Crippen molar-refractivity contribution in [3.63, 3.8) is 0 Å². The van der Waals surface area contributed by atoms with E-state index >= 15 is 0 Å². The lowest BCUT2D eigenvalue weighted by atomic mass is 9.90. The van der Waals surface area contributed by atoms with Crippen LogP contribution in [0.5, 0.6) is 0 Å². The molecule has 1 aliphatic rings. The Kier molecular flexibility index (Phi) is 4.96. The van der Waals surface area contributed by atoms with Gasteiger partial charge >= 0.3 is 0 Å². The van der Waals surface area contributed by atoms with Crippen molar-refractivity contribution in [2.75, 3.05) is 19.6 Å². The highest BCUT2D eigenvalue weighted by molar-refractivity contribution is 5.22. The summed E-state index contributed by atoms with van der Waals surface area (Å²) in [4.78, 5) is 6.53. The van der Waals surface area contributed by atoms with Crippen molar-refractivity contribution in [2.24, 2.45) is 5.92 Å². The van der Waals surface area contributed by atoms with Gasteiger partial charge in [-0.2, -0.15) is 4.98 Å². The van der Waals surface area contributed by atoms with Crippen LogP contribution in [-0.2, 0) is 12.0 Å². The Morgan fingerprint density at radius 2 is 1.96 bits per heavy atom. The normalized spacial score (nSPS) is 19.3. The lowest BCUT2D eigenvalue weighted by Crippen LogP contribution is -2.43. The molecule has 0 radical (unpaired) electrons. The molecular weight excluding hydrogens is 309 g/mol. The first-order valence-corrected chi connectivity index (χ1v) is 8.42. The molecule has 2 aromatic rings. The molecule has 0 amide bonds. The number of β-amino-alcohol motifs (C(OH)–C–C–N with tert-alkyl or cyclic N) is 1. The van der Waals surface area contributed by atoms with E-state index in [2.05, 4.69) is 15.0 Å². The predicted molar refractivity (Wildman–Crippen MR) is 87.9 cm³/mol. The molecule has 0 saturated carbocycles. The molecule has 1 N–H and O–H groups in total. The molecule has 0 spiro atoms. The molecule has 6 heteroatoms. The summed E-state index contributed by atoms with van der Waals surface area (Å²) < 4.78 is 18.1. The number of halogens is 1. The Bertz CT molecular complexity index is 661. The zero-order chi connectivity index (χ0) is 17.2. The summed E-state index contributed by atoms with van der Waals surface area (Å²) in [6, 6.07) is 6.09. The quantitative estimate of drug-likeness (QED) is 0.911. The van der Waals surface area contributed by atoms with E-state index in [0.29, 0.717) is 18.4 Å². The van der Waals surface area contributed by atoms with E-state index < -0.39 is 5.60 Å². The minimum atomic E-state index is -0.981. The number of likely N-dealkylation sites (tertiary alicyclic amines) is 1. The third-order valence-corrected chi connectivity index (χ3v) is 4.75. The fourth-order valence-electron chi connectivity index (χ4n) is 3.37. The third-order valence-electron chi connectivity index (χ3n) is 4.75. The number of piperidine rings is 1. The van der Waals surface area contributed by atoms with Crippen LogP contribution in [-0.4, -0.2) is 39.8 Å². The monoisotopic (exact) mass is 333 g/mol. The summed E-state index contributed by atoms with van der Waals surface area (Å²) >= 11 is 0. The summed E-state index contributed by atoms with van der Waals surface area (Å²) in [7, 11) is 0. The third kappa shape index (κ3) is 4.19. The molecule has 5 nitrogen and oxygen atoms in total. The van der Waals surface area contributed by atoms with Gasteiger partial charge in [0.15, 0.2) is 5.82 Å². The number of aliphatic hydroxyl groups is 1. The van der Waals surface area contributed by atoms with Gasteiger partial charge < -0.3 is 14.5 Å². The molecule has 0 aliphatic carbocycles. The van der Waals surface area contributed by atoms with Crippen LogP contribution in [0.1, 0.15) is 37.0 Å². The van der Waals surface area contributed by atoms with Gasteiger partial charge in [0.1, 0.15) is 5.82 Å². The number of hydrogen-bond acceptors (Lipinski definition) is 5. The van der Waals surface area contributed by atoms with Crippen molar-refractivity contribution in [2.45, 2.75) is 38.7 Å². The number of aromatic nitrogens is 2. The van der Waals surface area contributed by atoms with Crippen LogP contribution in [0.2, 0.25) is 0 Å². The zero-order valence-corrected chi connectivity index (χ0v) is 14.2. The lowest BCUT2D eigenvalue weighted by molar-refractivity contribution is 0.00560. The molecule has 3 rings (SSSR count). The number of aryl methyl sites for hydroxylation is 1. The van der Waals surface area contributed by atoms with Crippen LogP contribution in [0.25, 0.3) is 0 Å². The molecule has 1 aromatic carbocycles. The average Bonchev–Trinajstić information content (AvgIpc) is 2.94. The molecule has 1 aliphatic heterocycles. The fourth-order valence-corrected chi connectivity index (χ4v) is 3.37. The van der Waals surface area contributed by atoms with Gasteiger partial charge in [0.2, 0.25) is 5.89 Å². The van der Waals surface area contributed by atoms with Gasteiger partial charge in [-0.1, -0.05) is 17.3 Å². The van der Waals surface area contributed by atoms with Crippen molar-refractivity contribution in [1.29, 1.82) is 0 Å². The standard InChI is InChI=1S/C18H24FN3O2/c1-13-20-17(21-24-13)11-14-7-9-22(10-8-14)12-18(2,23)15-3-5-16(19)6-4-15/h3-6,14,23H,7-12H2,1-2H3. The summed E-state index contributed by atoms with van der Waals surface area (Å²) in [6.07, 6.45) is 2.94. The molecule has 0 bridgehead atoms. The first-order chi connectivity index (χ1) is 11.4. The molecule has 1 atom stereocenters. The predicted octanol–water partition coefficient (Wildman–Crippen LogP) is 2.68. The second-order valence-corrected chi connectivity index (χ2v) is 6.93. The van der Waals surface area contributed by atoms with Crippen molar-refractivity contribution >= 4 is 0 Å². The highest BCUT2D eigenvalue weighted by Crippen LogP contribution is 2.26. The topological polar surface area (TPSA) is 62.4 Å². The maximum absolute atomic E-state index is 13.0. The van der Waals surface area contributed by atoms with Crippen LogP contribution in [0.3, 0.4) is 0 Å². The highest BCUT2D eigenvalue weighted by atomic mass is 19.1. The van der Waals surface area contributed by atoms with Crippen molar-refractivity contribution < 1.29 is 14.0 Å². The van der Waals surface area contributed by atoms with Crippen LogP contribution >= 0.6 is 0 Å². The van der Waals surface area contributed by atoms with Crippen LogP contribution in [0.15, 0.2) is 28.8 Å². The van der Waals surface area contributed by atoms with Gasteiger partial charge in [0.25, 0.3) is 0 Å². The summed E-state index contributed by atoms with van der Waals surface area (Å²) in [5, 5.41) is 14.7. The van der Waals surface area contributed by atoms with Gasteiger partial charge in [-0.15, -0.1) is 0 Å². The Morgan fingerprint density at radius 1 is 1.29 bits per heavy atom. The largest absolute Gasteiger partial charge is 0.384 e. The van der Waals surface area contributed by atoms with Crippen LogP contribution in [0.4, 0.5) is 4.39 Å². The molecule has 24 heavy (non-hydrogen) atoms. The van der Waals surface area contributed by atoms with Crippen molar-refractivity contribution in [3.8, 4) is 0 Å². The van der Waals surface area contributed by atoms with E-state index in [4.69, 9.17) is 4.52 Å². The minimum Gasteiger partial charge on any atom is -0.384 e. The Balaban J connectivity index is 1.52. The molecule has 2 heterocycles. The lowest BCUT2D eigenvalue weighted by Gasteiger charge is -2.36. The van der Waals surface area contributed by atoms with E-state index in [9.17, 15) is 9.50 Å². The smallest absolute Gasteiger partial charge is 0.223 e. The molecule has 130 valence electrons. The Hall–Kier alpha value is -1.79. The van der Waals surface area contributed by atoms with E-state index in [1.54, 1.807) is 26.0 Å². The maximum Gasteiger partial charge on any atom is 0.223 e. The Labute approximate surface area is 141 Å². The zero-order valence-electron chi connectivity index (χ0n) is 14.2. The SMILES string of the molecule is Cc1nc(CC2CCN(CC(C)(O)c3ccc(F)cc3)CC2)no1. The van der Waals surface area contributed by atoms with Crippen LogP contribution in [0, 0.1) is 18.7 Å². The van der Waals surface area contributed by atoms with Gasteiger partial charge in [0, 0.05) is 19.9 Å². The van der Waals surface area contributed by atoms with Crippen LogP contribution < -0.4 is 0 Å². The highest BCUT2D eigenvalue weighted by Gasteiger charge is 2.29. The van der Waals surface area contributed by atoms with E-state index in [1.807, 2.05) is 0 Å². The number of nitrogens with zero attached hydrogens (tertiary/aromatic N) is 3. The first-order valence-electron chi connectivity index (χ1n) is 8.42. The van der Waals surface area contributed by atoms with Crippen molar-refractivity contribution in [3.05, 3.63) is 47.4 Å². The molecule has 1 unspecified atom stereocenters. The summed E-state index contributed by atoms with van der Waals surface area (Å²) in [6.45, 7) is 6.00. The van der Waals surface area contributed by atoms with Gasteiger partial charge in [-0.25, -0.2) is 4.39 Å². The maximum atomic E-state index is 13.0. The average molecular weight is 333 g/mol. The van der Waals surface area contributed by atoms with E-state index in [-0.39, 0.29) is 5.82 Å². The minimum absolute atomic E-state index is 0.285. The summed E-state index contributed by atoms with van der Waals surface area (Å²) in [5.41, 5.74) is -0.237. The molecule has 1 saturated heterocycles. The van der Waals surface area contributed by atoms with Crippen molar-refractivity contribution in [1.82, 2.24) is 15.0 Å². The number of rotatable bonds is 5. The molecule has 1 fully saturated rings. The second kappa shape index (κ2) is 6.99. The molecular formula is C18H24FN3O2. The van der Waals surface area contributed by atoms with Gasteiger partial charge in [0.05, 0.1) is 5.60 Å². The summed E-state index contributed by atoms with van der Waals surface area (Å²) in [5.74, 6) is 1.66. The van der Waals surface area contributed by atoms with E-state index in [0.717, 1.165) is 43.7 Å². The number of benzene rings is 1. The Morgan fingerprint density at radius 3 is 2.54 bits per heavy atom. The van der Waals surface area contributed by atoms with E-state index in [1.165, 1.54) is 12.1 Å². The van der Waals surface area contributed by atoms with Gasteiger partial charge in [-0.3, -0.25) is 0 Å². The number of hydrogen-bond donors (Lipinski definition) is 1. The fraction of sp³-hybridized carbons (Fsp3) is 0.556.